The molecule has 1 atom stereocenters. The lowest BCUT2D eigenvalue weighted by Gasteiger charge is -2.18. The van der Waals surface area contributed by atoms with Gasteiger partial charge in [-0.1, -0.05) is 11.6 Å². The van der Waals surface area contributed by atoms with Crippen molar-refractivity contribution < 1.29 is 4.79 Å². The average molecular weight is 503 g/mol. The van der Waals surface area contributed by atoms with Crippen molar-refractivity contribution in [3.05, 3.63) is 81.4 Å². The van der Waals surface area contributed by atoms with Gasteiger partial charge in [0.2, 0.25) is 0 Å². The molecule has 0 fully saturated rings. The van der Waals surface area contributed by atoms with E-state index in [1.54, 1.807) is 56.3 Å². The van der Waals surface area contributed by atoms with Gasteiger partial charge in [0.25, 0.3) is 11.5 Å². The second kappa shape index (κ2) is 10.0. The number of aryl methyl sites for hydroxylation is 1. The summed E-state index contributed by atoms with van der Waals surface area (Å²) in [6.07, 6.45) is 3.32. The van der Waals surface area contributed by atoms with Gasteiger partial charge in [0.1, 0.15) is 28.3 Å². The third kappa shape index (κ3) is 4.82. The predicted octanol–water partition coefficient (Wildman–Crippen LogP) is 3.87. The largest absolute Gasteiger partial charge is 0.375 e. The Balaban J connectivity index is 1.78. The van der Waals surface area contributed by atoms with Gasteiger partial charge in [-0.15, -0.1) is 0 Å². The molecule has 36 heavy (non-hydrogen) atoms. The van der Waals surface area contributed by atoms with E-state index in [0.29, 0.717) is 28.4 Å². The van der Waals surface area contributed by atoms with E-state index in [-0.39, 0.29) is 33.9 Å². The smallest absolute Gasteiger partial charge is 0.272 e. The zero-order valence-corrected chi connectivity index (χ0v) is 20.8. The third-order valence-electron chi connectivity index (χ3n) is 5.58. The molecule has 0 saturated carbocycles. The molecule has 0 saturated heterocycles. The summed E-state index contributed by atoms with van der Waals surface area (Å²) >= 11 is 6.22. The van der Waals surface area contributed by atoms with Crippen LogP contribution in [0.1, 0.15) is 34.8 Å². The number of nitrogens with zero attached hydrogens (tertiary/aromatic N) is 6. The number of fused-ring (bicyclic) bond motifs is 1. The Morgan fingerprint density at radius 2 is 1.89 bits per heavy atom. The van der Waals surface area contributed by atoms with Crippen LogP contribution in [0.15, 0.2) is 53.6 Å². The minimum atomic E-state index is -0.346. The molecule has 0 aliphatic rings. The molecule has 0 aliphatic carbocycles. The number of hydrogen-bond acceptors (Lipinski definition) is 8. The Kier molecular flexibility index (Phi) is 6.85. The highest BCUT2D eigenvalue weighted by Gasteiger charge is 2.18. The second-order valence-electron chi connectivity index (χ2n) is 8.32. The number of anilines is 3. The Morgan fingerprint density at radius 1 is 1.17 bits per heavy atom. The van der Waals surface area contributed by atoms with Crippen LogP contribution in [0.5, 0.6) is 0 Å². The van der Waals surface area contributed by atoms with Crippen LogP contribution >= 0.6 is 11.6 Å². The van der Waals surface area contributed by atoms with Crippen LogP contribution < -0.4 is 16.2 Å². The molecule has 0 radical (unpaired) electrons. The highest BCUT2D eigenvalue weighted by atomic mass is 35.5. The van der Waals surface area contributed by atoms with Crippen LogP contribution in [0.3, 0.4) is 0 Å². The SMILES string of the molecule is CC(Nc1cc(=O)n(C)c2ccc(Nc3cc(C(=O)N(C)C)nc(Cl)c3C#N)cc12)c1ncccn1. The van der Waals surface area contributed by atoms with Crippen molar-refractivity contribution in [2.75, 3.05) is 24.7 Å². The number of amides is 1. The van der Waals surface area contributed by atoms with Crippen LogP contribution in [0.25, 0.3) is 10.9 Å². The number of pyridine rings is 2. The molecule has 0 bridgehead atoms. The monoisotopic (exact) mass is 502 g/mol. The number of nitriles is 1. The summed E-state index contributed by atoms with van der Waals surface area (Å²) in [6, 6.07) is 11.9. The number of rotatable bonds is 6. The van der Waals surface area contributed by atoms with Crippen molar-refractivity contribution in [3.63, 3.8) is 0 Å². The number of hydrogen-bond donors (Lipinski definition) is 2. The lowest BCUT2D eigenvalue weighted by atomic mass is 10.1. The van der Waals surface area contributed by atoms with Crippen LogP contribution in [0.4, 0.5) is 17.1 Å². The van der Waals surface area contributed by atoms with Crippen LogP contribution in [0.2, 0.25) is 5.15 Å². The summed E-state index contributed by atoms with van der Waals surface area (Å²) in [6.45, 7) is 1.90. The molecule has 1 amide bonds. The summed E-state index contributed by atoms with van der Waals surface area (Å²) in [4.78, 5) is 39.1. The fourth-order valence-corrected chi connectivity index (χ4v) is 3.94. The van der Waals surface area contributed by atoms with Gasteiger partial charge < -0.3 is 20.1 Å². The molecule has 2 N–H and O–H groups in total. The molecular formula is C25H23ClN8O2. The Labute approximate surface area is 212 Å². The van der Waals surface area contributed by atoms with Crippen molar-refractivity contribution >= 4 is 45.5 Å². The summed E-state index contributed by atoms with van der Waals surface area (Å²) in [5, 5.41) is 16.8. The van der Waals surface area contributed by atoms with E-state index in [1.165, 1.54) is 17.0 Å². The number of carbonyl (C=O) groups is 1. The molecule has 11 heteroatoms. The van der Waals surface area contributed by atoms with Crippen LogP contribution in [-0.2, 0) is 7.05 Å². The van der Waals surface area contributed by atoms with Crippen molar-refractivity contribution in [1.82, 2.24) is 24.4 Å². The van der Waals surface area contributed by atoms with E-state index in [1.807, 2.05) is 19.1 Å². The summed E-state index contributed by atoms with van der Waals surface area (Å²) in [5.41, 5.74) is 2.31. The molecule has 4 aromatic rings. The van der Waals surface area contributed by atoms with Crippen LogP contribution in [0, 0.1) is 11.3 Å². The summed E-state index contributed by atoms with van der Waals surface area (Å²) in [7, 11) is 4.90. The first kappa shape index (κ1) is 24.6. The summed E-state index contributed by atoms with van der Waals surface area (Å²) in [5.74, 6) is 0.241. The molecule has 3 heterocycles. The van der Waals surface area contributed by atoms with Crippen molar-refractivity contribution in [2.24, 2.45) is 7.05 Å². The normalized spacial score (nSPS) is 11.6. The zero-order chi connectivity index (χ0) is 26.0. The van der Waals surface area contributed by atoms with Gasteiger partial charge >= 0.3 is 0 Å². The number of nitrogens with one attached hydrogen (secondary N) is 2. The van der Waals surface area contributed by atoms with E-state index in [2.05, 4.69) is 25.6 Å². The molecule has 182 valence electrons. The molecule has 1 aromatic carbocycles. The highest BCUT2D eigenvalue weighted by molar-refractivity contribution is 6.31. The molecule has 3 aromatic heterocycles. The minimum absolute atomic E-state index is 0.0741. The first-order chi connectivity index (χ1) is 17.2. The van der Waals surface area contributed by atoms with Crippen molar-refractivity contribution in [3.8, 4) is 6.07 Å². The molecule has 10 nitrogen and oxygen atoms in total. The second-order valence-corrected chi connectivity index (χ2v) is 8.68. The minimum Gasteiger partial charge on any atom is -0.375 e. The number of carbonyl (C=O) groups excluding carboxylic acids is 1. The molecule has 0 spiro atoms. The fourth-order valence-electron chi connectivity index (χ4n) is 3.70. The van der Waals surface area contributed by atoms with E-state index in [4.69, 9.17) is 11.6 Å². The number of aromatic nitrogens is 4. The summed E-state index contributed by atoms with van der Waals surface area (Å²) < 4.78 is 1.55. The first-order valence-electron chi connectivity index (χ1n) is 11.0. The molecule has 1 unspecified atom stereocenters. The Hall–Kier alpha value is -4.49. The molecule has 0 aliphatic heterocycles. The van der Waals surface area contributed by atoms with Gasteiger partial charge in [0.05, 0.1) is 17.2 Å². The first-order valence-corrected chi connectivity index (χ1v) is 11.3. The van der Waals surface area contributed by atoms with Gasteiger partial charge in [-0.25, -0.2) is 15.0 Å². The van der Waals surface area contributed by atoms with E-state index in [0.717, 1.165) is 5.39 Å². The van der Waals surface area contributed by atoms with Gasteiger partial charge in [-0.2, -0.15) is 5.26 Å². The van der Waals surface area contributed by atoms with Crippen molar-refractivity contribution in [1.29, 1.82) is 5.26 Å². The maximum Gasteiger partial charge on any atom is 0.272 e. The Bertz CT molecular complexity index is 1560. The maximum absolute atomic E-state index is 12.6. The average Bonchev–Trinajstić information content (AvgIpc) is 2.87. The standard InChI is InChI=1S/C25H23ClN8O2/c1-14(24-28-8-5-9-29-24)30-19-12-22(35)34(4)21-7-6-15(10-16(19)21)31-18-11-20(25(36)33(2)3)32-23(26)17(18)13-27/h5-12,14,30H,1-4H3,(H,31,32). The quantitative estimate of drug-likeness (QED) is 0.380. The van der Waals surface area contributed by atoms with Crippen molar-refractivity contribution in [2.45, 2.75) is 13.0 Å². The number of benzene rings is 1. The third-order valence-corrected chi connectivity index (χ3v) is 5.86. The lowest BCUT2D eigenvalue weighted by Crippen LogP contribution is -2.23. The highest BCUT2D eigenvalue weighted by Crippen LogP contribution is 2.31. The van der Waals surface area contributed by atoms with Gasteiger partial charge in [0.15, 0.2) is 0 Å². The predicted molar refractivity (Wildman–Crippen MR) is 139 cm³/mol. The maximum atomic E-state index is 12.6. The van der Waals surface area contributed by atoms with E-state index < -0.39 is 0 Å². The fraction of sp³-hybridized carbons (Fsp3) is 0.200. The number of halogens is 1. The van der Waals surface area contributed by atoms with E-state index >= 15 is 0 Å². The molecular weight excluding hydrogens is 480 g/mol. The Morgan fingerprint density at radius 3 is 2.56 bits per heavy atom. The topological polar surface area (TPSA) is 129 Å². The van der Waals surface area contributed by atoms with E-state index in [9.17, 15) is 14.9 Å². The van der Waals surface area contributed by atoms with Gasteiger partial charge in [0, 0.05) is 56.4 Å². The van der Waals surface area contributed by atoms with Crippen LogP contribution in [-0.4, -0.2) is 44.4 Å². The van der Waals surface area contributed by atoms with Gasteiger partial charge in [-0.3, -0.25) is 9.59 Å². The van der Waals surface area contributed by atoms with Gasteiger partial charge in [-0.05, 0) is 37.3 Å². The molecule has 4 rings (SSSR count). The zero-order valence-electron chi connectivity index (χ0n) is 20.1. The lowest BCUT2D eigenvalue weighted by molar-refractivity contribution is 0.0822.